The Labute approximate surface area is 93.7 Å². The molecule has 1 aliphatic rings. The minimum absolute atomic E-state index is 0.0167. The van der Waals surface area contributed by atoms with Crippen LogP contribution in [0.2, 0.25) is 0 Å². The van der Waals surface area contributed by atoms with Gasteiger partial charge in [-0.05, 0) is 40.5 Å². The van der Waals surface area contributed by atoms with Crippen LogP contribution in [0.25, 0.3) is 0 Å². The van der Waals surface area contributed by atoms with Crippen molar-refractivity contribution in [1.82, 2.24) is 0 Å². The average Bonchev–Trinajstić information content (AvgIpc) is 1.99. The van der Waals surface area contributed by atoms with Crippen LogP contribution in [0, 0.1) is 0 Å². The molecule has 1 rings (SSSR count). The van der Waals surface area contributed by atoms with Crippen molar-refractivity contribution in [3.05, 3.63) is 12.2 Å². The van der Waals surface area contributed by atoms with Gasteiger partial charge < -0.3 is 9.47 Å². The molecular weight excluding hydrogens is 188 g/mol. The molecule has 0 amide bonds. The predicted octanol–water partition coefficient (Wildman–Crippen LogP) is 3.32. The van der Waals surface area contributed by atoms with E-state index in [1.54, 1.807) is 0 Å². The van der Waals surface area contributed by atoms with Gasteiger partial charge in [-0.15, -0.1) is 6.58 Å². The van der Waals surface area contributed by atoms with Gasteiger partial charge in [0.15, 0.2) is 0 Å². The first-order valence-corrected chi connectivity index (χ1v) is 5.75. The summed E-state index contributed by atoms with van der Waals surface area (Å²) < 4.78 is 11.7. The van der Waals surface area contributed by atoms with Crippen LogP contribution in [-0.4, -0.2) is 24.4 Å². The van der Waals surface area contributed by atoms with Gasteiger partial charge >= 0.3 is 0 Å². The highest BCUT2D eigenvalue weighted by atomic mass is 16.5. The minimum Gasteiger partial charge on any atom is -0.375 e. The maximum atomic E-state index is 5.98. The monoisotopic (exact) mass is 212 g/mol. The largest absolute Gasteiger partial charge is 0.375 e. The fraction of sp³-hybridized carbons (Fsp3) is 0.846. The molecule has 0 aromatic heterocycles. The third-order valence-electron chi connectivity index (χ3n) is 2.90. The molecule has 1 heterocycles. The summed E-state index contributed by atoms with van der Waals surface area (Å²) in [6, 6.07) is 0. The first-order chi connectivity index (χ1) is 6.83. The Morgan fingerprint density at radius 1 is 1.40 bits per heavy atom. The molecule has 1 saturated heterocycles. The molecule has 88 valence electrons. The lowest BCUT2D eigenvalue weighted by Gasteiger charge is -2.42. The van der Waals surface area contributed by atoms with E-state index in [4.69, 9.17) is 9.47 Å². The zero-order valence-electron chi connectivity index (χ0n) is 10.6. The molecular formula is C13H24O2. The van der Waals surface area contributed by atoms with Crippen molar-refractivity contribution in [3.8, 4) is 0 Å². The van der Waals surface area contributed by atoms with E-state index >= 15 is 0 Å². The second-order valence-corrected chi connectivity index (χ2v) is 5.54. The summed E-state index contributed by atoms with van der Waals surface area (Å²) >= 11 is 0. The molecule has 0 saturated carbocycles. The lowest BCUT2D eigenvalue weighted by atomic mass is 9.85. The maximum Gasteiger partial charge on any atom is 0.0703 e. The molecule has 2 heteroatoms. The fourth-order valence-corrected chi connectivity index (χ4v) is 2.18. The Bertz CT molecular complexity index is 233. The Morgan fingerprint density at radius 3 is 2.60 bits per heavy atom. The molecule has 0 bridgehead atoms. The van der Waals surface area contributed by atoms with Gasteiger partial charge in [-0.25, -0.2) is 0 Å². The molecule has 15 heavy (non-hydrogen) atoms. The molecule has 0 aromatic carbocycles. The van der Waals surface area contributed by atoms with Crippen LogP contribution in [0.1, 0.15) is 47.0 Å². The Hall–Kier alpha value is -0.340. The van der Waals surface area contributed by atoms with Gasteiger partial charge in [-0.2, -0.15) is 0 Å². The van der Waals surface area contributed by atoms with Crippen LogP contribution in [-0.2, 0) is 9.47 Å². The maximum absolute atomic E-state index is 5.98. The van der Waals surface area contributed by atoms with Crippen molar-refractivity contribution in [2.24, 2.45) is 0 Å². The highest BCUT2D eigenvalue weighted by molar-refractivity contribution is 4.91. The molecule has 1 atom stereocenters. The summed E-state index contributed by atoms with van der Waals surface area (Å²) in [7, 11) is 0. The van der Waals surface area contributed by atoms with Crippen molar-refractivity contribution < 1.29 is 9.47 Å². The van der Waals surface area contributed by atoms with Crippen LogP contribution in [0.5, 0.6) is 0 Å². The minimum atomic E-state index is -0.0454. The van der Waals surface area contributed by atoms with E-state index in [0.717, 1.165) is 32.5 Å². The van der Waals surface area contributed by atoms with Gasteiger partial charge in [0.05, 0.1) is 24.4 Å². The highest BCUT2D eigenvalue weighted by Crippen LogP contribution is 2.34. The predicted molar refractivity (Wildman–Crippen MR) is 63.1 cm³/mol. The Kier molecular flexibility index (Phi) is 3.96. The van der Waals surface area contributed by atoms with Gasteiger partial charge in [0.1, 0.15) is 0 Å². The van der Waals surface area contributed by atoms with Crippen LogP contribution < -0.4 is 0 Å². The highest BCUT2D eigenvalue weighted by Gasteiger charge is 2.37. The third-order valence-corrected chi connectivity index (χ3v) is 2.90. The molecule has 0 aromatic rings. The molecule has 0 radical (unpaired) electrons. The van der Waals surface area contributed by atoms with Crippen molar-refractivity contribution in [1.29, 1.82) is 0 Å². The van der Waals surface area contributed by atoms with E-state index in [1.807, 2.05) is 6.92 Å². The molecule has 1 unspecified atom stereocenters. The summed E-state index contributed by atoms with van der Waals surface area (Å²) in [4.78, 5) is 0. The molecule has 0 aliphatic carbocycles. The van der Waals surface area contributed by atoms with Crippen LogP contribution >= 0.6 is 0 Å². The molecule has 2 nitrogen and oxygen atoms in total. The zero-order valence-corrected chi connectivity index (χ0v) is 10.6. The van der Waals surface area contributed by atoms with E-state index in [9.17, 15) is 0 Å². The Balaban J connectivity index is 2.40. The fourth-order valence-electron chi connectivity index (χ4n) is 2.18. The molecule has 0 spiro atoms. The van der Waals surface area contributed by atoms with Crippen LogP contribution in [0.15, 0.2) is 12.2 Å². The normalized spacial score (nSPS) is 30.1. The molecule has 1 aliphatic heterocycles. The van der Waals surface area contributed by atoms with E-state index in [-0.39, 0.29) is 11.2 Å². The number of hydrogen-bond acceptors (Lipinski definition) is 2. The van der Waals surface area contributed by atoms with Gasteiger partial charge in [0.25, 0.3) is 0 Å². The summed E-state index contributed by atoms with van der Waals surface area (Å²) in [6.45, 7) is 14.0. The SMILES string of the molecule is C=C(C)CCOC1(C)CCOC(C)(C)C1. The lowest BCUT2D eigenvalue weighted by molar-refractivity contribution is -0.161. The summed E-state index contributed by atoms with van der Waals surface area (Å²) in [6.07, 6.45) is 2.92. The standard InChI is InChI=1S/C13H24O2/c1-11(2)6-8-15-13(5)7-9-14-12(3,4)10-13/h1,6-10H2,2-5H3. The van der Waals surface area contributed by atoms with Gasteiger partial charge in [0.2, 0.25) is 0 Å². The summed E-state index contributed by atoms with van der Waals surface area (Å²) in [5, 5.41) is 0. The van der Waals surface area contributed by atoms with Crippen molar-refractivity contribution in [3.63, 3.8) is 0 Å². The van der Waals surface area contributed by atoms with Crippen molar-refractivity contribution in [2.45, 2.75) is 58.2 Å². The molecule has 0 N–H and O–H groups in total. The first kappa shape index (κ1) is 12.7. The smallest absolute Gasteiger partial charge is 0.0703 e. The second-order valence-electron chi connectivity index (χ2n) is 5.54. The van der Waals surface area contributed by atoms with E-state index in [0.29, 0.717) is 0 Å². The quantitative estimate of drug-likeness (QED) is 0.666. The number of rotatable bonds is 4. The van der Waals surface area contributed by atoms with Gasteiger partial charge in [0, 0.05) is 6.42 Å². The molecule has 1 fully saturated rings. The van der Waals surface area contributed by atoms with Gasteiger partial charge in [-0.1, -0.05) is 5.57 Å². The summed E-state index contributed by atoms with van der Waals surface area (Å²) in [5.41, 5.74) is 1.12. The number of ether oxygens (including phenoxy) is 2. The van der Waals surface area contributed by atoms with Gasteiger partial charge in [-0.3, -0.25) is 0 Å². The van der Waals surface area contributed by atoms with Crippen LogP contribution in [0.4, 0.5) is 0 Å². The zero-order chi connectivity index (χ0) is 11.5. The van der Waals surface area contributed by atoms with E-state index in [2.05, 4.69) is 27.4 Å². The van der Waals surface area contributed by atoms with Crippen molar-refractivity contribution >= 4 is 0 Å². The summed E-state index contributed by atoms with van der Waals surface area (Å²) in [5.74, 6) is 0. The number of hydrogen-bond donors (Lipinski definition) is 0. The topological polar surface area (TPSA) is 18.5 Å². The third kappa shape index (κ3) is 4.35. The average molecular weight is 212 g/mol. The van der Waals surface area contributed by atoms with E-state index in [1.165, 1.54) is 5.57 Å². The Morgan fingerprint density at radius 2 is 2.07 bits per heavy atom. The second kappa shape index (κ2) is 4.67. The van der Waals surface area contributed by atoms with Crippen LogP contribution in [0.3, 0.4) is 0 Å². The lowest BCUT2D eigenvalue weighted by Crippen LogP contribution is -2.45. The van der Waals surface area contributed by atoms with Crippen molar-refractivity contribution in [2.75, 3.05) is 13.2 Å². The van der Waals surface area contributed by atoms with E-state index < -0.39 is 0 Å². The first-order valence-electron chi connectivity index (χ1n) is 5.75.